The molecule has 0 aliphatic carbocycles. The van der Waals surface area contributed by atoms with Gasteiger partial charge >= 0.3 is 0 Å². The zero-order chi connectivity index (χ0) is 23.7. The lowest BCUT2D eigenvalue weighted by atomic mass is 9.99. The molecule has 0 fully saturated rings. The van der Waals surface area contributed by atoms with Crippen molar-refractivity contribution < 1.29 is 14.3 Å². The molecule has 4 rings (SSSR count). The molecule has 5 heteroatoms. The second-order valence-electron chi connectivity index (χ2n) is 8.65. The number of aryl methyl sites for hydroxylation is 3. The highest BCUT2D eigenvalue weighted by molar-refractivity contribution is 6.46. The van der Waals surface area contributed by atoms with Gasteiger partial charge in [-0.15, -0.1) is 0 Å². The number of ether oxygens (including phenoxy) is 1. The molecule has 168 valence electrons. The molecule has 1 N–H and O–H groups in total. The molecule has 0 bridgehead atoms. The van der Waals surface area contributed by atoms with E-state index in [2.05, 4.69) is 5.32 Å². The van der Waals surface area contributed by atoms with Gasteiger partial charge in [0, 0.05) is 5.69 Å². The number of nitrogens with zero attached hydrogens (tertiary/aromatic N) is 1. The van der Waals surface area contributed by atoms with Gasteiger partial charge in [-0.05, 0) is 87.7 Å². The average molecular weight is 441 g/mol. The van der Waals surface area contributed by atoms with Crippen LogP contribution in [0.1, 0.15) is 36.1 Å². The van der Waals surface area contributed by atoms with Gasteiger partial charge in [0.1, 0.15) is 11.4 Å². The van der Waals surface area contributed by atoms with Crippen molar-refractivity contribution in [2.75, 3.05) is 10.2 Å². The second-order valence-corrected chi connectivity index (χ2v) is 8.65. The number of carbonyl (C=O) groups excluding carboxylic acids is 2. The number of anilines is 2. The fourth-order valence-corrected chi connectivity index (χ4v) is 3.77. The first-order chi connectivity index (χ1) is 15.7. The maximum Gasteiger partial charge on any atom is 0.282 e. The Hall–Kier alpha value is -3.86. The van der Waals surface area contributed by atoms with E-state index in [0.717, 1.165) is 22.4 Å². The first kappa shape index (κ1) is 22.3. The summed E-state index contributed by atoms with van der Waals surface area (Å²) < 4.78 is 5.71. The Labute approximate surface area is 194 Å². The number of imide groups is 1. The molecule has 0 saturated heterocycles. The fourth-order valence-electron chi connectivity index (χ4n) is 3.77. The van der Waals surface area contributed by atoms with E-state index in [1.165, 1.54) is 4.90 Å². The van der Waals surface area contributed by atoms with E-state index in [1.54, 1.807) is 12.1 Å². The minimum atomic E-state index is -0.375. The Morgan fingerprint density at radius 3 is 2.06 bits per heavy atom. The fraction of sp³-hybridized carbons (Fsp3) is 0.214. The number of hydrogen-bond acceptors (Lipinski definition) is 4. The second kappa shape index (κ2) is 8.94. The molecule has 5 nitrogen and oxygen atoms in total. The zero-order valence-electron chi connectivity index (χ0n) is 19.6. The third-order valence-corrected chi connectivity index (χ3v) is 5.67. The van der Waals surface area contributed by atoms with Gasteiger partial charge in [-0.1, -0.05) is 35.9 Å². The predicted molar refractivity (Wildman–Crippen MR) is 132 cm³/mol. The third kappa shape index (κ3) is 4.53. The van der Waals surface area contributed by atoms with Crippen molar-refractivity contribution in [2.24, 2.45) is 0 Å². The van der Waals surface area contributed by atoms with E-state index in [-0.39, 0.29) is 23.6 Å². The van der Waals surface area contributed by atoms with Crippen molar-refractivity contribution in [3.63, 3.8) is 0 Å². The Kier molecular flexibility index (Phi) is 6.05. The predicted octanol–water partition coefficient (Wildman–Crippen LogP) is 5.80. The summed E-state index contributed by atoms with van der Waals surface area (Å²) in [6, 6.07) is 20.6. The lowest BCUT2D eigenvalue weighted by molar-refractivity contribution is -0.120. The van der Waals surface area contributed by atoms with Crippen LogP contribution in [0.4, 0.5) is 11.4 Å². The van der Waals surface area contributed by atoms with Crippen LogP contribution in [0.15, 0.2) is 72.4 Å². The van der Waals surface area contributed by atoms with Crippen molar-refractivity contribution in [3.8, 4) is 5.75 Å². The van der Waals surface area contributed by atoms with E-state index >= 15 is 0 Å². The number of hydrogen-bond donors (Lipinski definition) is 1. The maximum absolute atomic E-state index is 13.6. The monoisotopic (exact) mass is 440 g/mol. The summed E-state index contributed by atoms with van der Waals surface area (Å²) in [6.45, 7) is 9.92. The SMILES string of the molecule is Cc1ccc(N2C(=O)C(Nc3ccc(OC(C)C)cc3)=C(c3ccc(C)c(C)c3)C2=O)cc1. The first-order valence-electron chi connectivity index (χ1n) is 11.1. The van der Waals surface area contributed by atoms with Crippen LogP contribution in [0.25, 0.3) is 5.57 Å². The number of benzene rings is 3. The van der Waals surface area contributed by atoms with Crippen molar-refractivity contribution >= 4 is 28.8 Å². The summed E-state index contributed by atoms with van der Waals surface area (Å²) in [6.07, 6.45) is 0.0694. The van der Waals surface area contributed by atoms with E-state index in [9.17, 15) is 9.59 Å². The highest BCUT2D eigenvalue weighted by Crippen LogP contribution is 2.34. The van der Waals surface area contributed by atoms with Gasteiger partial charge in [-0.2, -0.15) is 0 Å². The number of rotatable bonds is 6. The van der Waals surface area contributed by atoms with Gasteiger partial charge in [0.25, 0.3) is 11.8 Å². The minimum Gasteiger partial charge on any atom is -0.491 e. The summed E-state index contributed by atoms with van der Waals surface area (Å²) in [5.41, 5.74) is 5.84. The summed E-state index contributed by atoms with van der Waals surface area (Å²) in [5.74, 6) is 0.0305. The molecule has 2 amide bonds. The van der Waals surface area contributed by atoms with Crippen molar-refractivity contribution in [3.05, 3.63) is 94.7 Å². The lowest BCUT2D eigenvalue weighted by Crippen LogP contribution is -2.32. The summed E-state index contributed by atoms with van der Waals surface area (Å²) in [4.78, 5) is 28.3. The Morgan fingerprint density at radius 1 is 0.788 bits per heavy atom. The van der Waals surface area contributed by atoms with Crippen LogP contribution in [0.5, 0.6) is 5.75 Å². The Bertz CT molecular complexity index is 1240. The highest BCUT2D eigenvalue weighted by Gasteiger charge is 2.40. The molecule has 0 spiro atoms. The molecule has 3 aromatic rings. The van der Waals surface area contributed by atoms with E-state index in [0.29, 0.717) is 22.5 Å². The van der Waals surface area contributed by atoms with E-state index < -0.39 is 0 Å². The zero-order valence-corrected chi connectivity index (χ0v) is 19.6. The quantitative estimate of drug-likeness (QED) is 0.493. The van der Waals surface area contributed by atoms with Crippen LogP contribution in [0, 0.1) is 20.8 Å². The van der Waals surface area contributed by atoms with Gasteiger partial charge < -0.3 is 10.1 Å². The van der Waals surface area contributed by atoms with Crippen LogP contribution < -0.4 is 15.0 Å². The van der Waals surface area contributed by atoms with Crippen LogP contribution in [0.2, 0.25) is 0 Å². The maximum atomic E-state index is 13.6. The lowest BCUT2D eigenvalue weighted by Gasteiger charge is -2.16. The Balaban J connectivity index is 1.76. The average Bonchev–Trinajstić information content (AvgIpc) is 3.01. The van der Waals surface area contributed by atoms with E-state index in [4.69, 9.17) is 4.74 Å². The van der Waals surface area contributed by atoms with Gasteiger partial charge in [0.05, 0.1) is 17.4 Å². The van der Waals surface area contributed by atoms with Crippen LogP contribution >= 0.6 is 0 Å². The number of nitrogens with one attached hydrogen (secondary N) is 1. The third-order valence-electron chi connectivity index (χ3n) is 5.67. The Morgan fingerprint density at radius 2 is 1.45 bits per heavy atom. The molecule has 0 atom stereocenters. The van der Waals surface area contributed by atoms with Gasteiger partial charge in [0.2, 0.25) is 0 Å². The largest absolute Gasteiger partial charge is 0.491 e. The van der Waals surface area contributed by atoms with Gasteiger partial charge in [-0.3, -0.25) is 9.59 Å². The molecule has 0 saturated carbocycles. The standard InChI is InChI=1S/C28H28N2O3/c1-17(2)33-24-14-10-22(11-15-24)29-26-25(21-9-8-19(4)20(5)16-21)27(31)30(28(26)32)23-12-6-18(3)7-13-23/h6-17,29H,1-5H3. The van der Waals surface area contributed by atoms with Crippen LogP contribution in [0.3, 0.4) is 0 Å². The van der Waals surface area contributed by atoms with Crippen molar-refractivity contribution in [2.45, 2.75) is 40.7 Å². The normalized spacial score (nSPS) is 13.8. The molecule has 1 aliphatic heterocycles. The molecule has 0 aromatic heterocycles. The van der Waals surface area contributed by atoms with Crippen LogP contribution in [-0.4, -0.2) is 17.9 Å². The van der Waals surface area contributed by atoms with Crippen molar-refractivity contribution in [1.82, 2.24) is 0 Å². The van der Waals surface area contributed by atoms with Gasteiger partial charge in [0.15, 0.2) is 0 Å². The topological polar surface area (TPSA) is 58.6 Å². The molecule has 33 heavy (non-hydrogen) atoms. The molecule has 0 unspecified atom stereocenters. The first-order valence-corrected chi connectivity index (χ1v) is 11.1. The summed E-state index contributed by atoms with van der Waals surface area (Å²) in [5, 5.41) is 3.21. The van der Waals surface area contributed by atoms with Crippen molar-refractivity contribution in [1.29, 1.82) is 0 Å². The van der Waals surface area contributed by atoms with E-state index in [1.807, 2.05) is 89.2 Å². The molecule has 1 heterocycles. The smallest absolute Gasteiger partial charge is 0.282 e. The molecule has 0 radical (unpaired) electrons. The number of amides is 2. The minimum absolute atomic E-state index is 0.0694. The molecule has 3 aromatic carbocycles. The molecular weight excluding hydrogens is 412 g/mol. The van der Waals surface area contributed by atoms with Crippen LogP contribution in [-0.2, 0) is 9.59 Å². The summed E-state index contributed by atoms with van der Waals surface area (Å²) >= 11 is 0. The highest BCUT2D eigenvalue weighted by atomic mass is 16.5. The molecular formula is C28H28N2O3. The molecule has 1 aliphatic rings. The van der Waals surface area contributed by atoms with Gasteiger partial charge in [-0.25, -0.2) is 4.90 Å². The summed E-state index contributed by atoms with van der Waals surface area (Å²) in [7, 11) is 0. The number of carbonyl (C=O) groups is 2.